The van der Waals surface area contributed by atoms with E-state index in [4.69, 9.17) is 15.2 Å². The van der Waals surface area contributed by atoms with Crippen molar-refractivity contribution in [1.82, 2.24) is 0 Å². The Labute approximate surface area is 115 Å². The van der Waals surface area contributed by atoms with Crippen molar-refractivity contribution < 1.29 is 9.47 Å². The minimum Gasteiger partial charge on any atom is -0.492 e. The van der Waals surface area contributed by atoms with Crippen molar-refractivity contribution in [2.24, 2.45) is 5.92 Å². The highest BCUT2D eigenvalue weighted by Crippen LogP contribution is 2.30. The van der Waals surface area contributed by atoms with Crippen molar-refractivity contribution in [2.45, 2.75) is 19.8 Å². The standard InChI is InChI=1S/C15H24N2O2/c1-3-19-15-9-13(6-7-14(15)16)17-8-4-5-12(10-17)11-18-2/h6-7,9,12H,3-5,8,10-11,16H2,1-2H3. The number of benzene rings is 1. The Morgan fingerprint density at radius 2 is 2.26 bits per heavy atom. The second-order valence-electron chi connectivity index (χ2n) is 5.06. The Bertz CT molecular complexity index is 407. The third-order valence-electron chi connectivity index (χ3n) is 3.58. The van der Waals surface area contributed by atoms with Gasteiger partial charge in [0.2, 0.25) is 0 Å². The molecule has 1 saturated heterocycles. The van der Waals surface area contributed by atoms with E-state index in [1.807, 2.05) is 19.1 Å². The van der Waals surface area contributed by atoms with Crippen LogP contribution in [0, 0.1) is 5.92 Å². The lowest BCUT2D eigenvalue weighted by Crippen LogP contribution is -2.37. The molecule has 1 unspecified atom stereocenters. The van der Waals surface area contributed by atoms with Gasteiger partial charge in [0.05, 0.1) is 18.9 Å². The maximum absolute atomic E-state index is 5.92. The average Bonchev–Trinajstić information content (AvgIpc) is 2.42. The molecule has 1 aromatic rings. The summed E-state index contributed by atoms with van der Waals surface area (Å²) in [5.41, 5.74) is 7.81. The molecule has 0 bridgehead atoms. The van der Waals surface area contributed by atoms with Crippen LogP contribution < -0.4 is 15.4 Å². The Morgan fingerprint density at radius 3 is 3.00 bits per heavy atom. The predicted molar refractivity (Wildman–Crippen MR) is 78.8 cm³/mol. The zero-order chi connectivity index (χ0) is 13.7. The van der Waals surface area contributed by atoms with Crippen LogP contribution in [-0.4, -0.2) is 33.4 Å². The number of nitrogen functional groups attached to an aromatic ring is 1. The number of nitrogens with two attached hydrogens (primary N) is 1. The van der Waals surface area contributed by atoms with Gasteiger partial charge in [-0.1, -0.05) is 0 Å². The molecule has 0 radical (unpaired) electrons. The van der Waals surface area contributed by atoms with Gasteiger partial charge in [0, 0.05) is 32.0 Å². The van der Waals surface area contributed by atoms with Crippen LogP contribution in [0.3, 0.4) is 0 Å². The number of hydrogen-bond donors (Lipinski definition) is 1. The van der Waals surface area contributed by atoms with Crippen molar-refractivity contribution in [2.75, 3.05) is 44.0 Å². The smallest absolute Gasteiger partial charge is 0.144 e. The van der Waals surface area contributed by atoms with Gasteiger partial charge in [0.15, 0.2) is 0 Å². The highest BCUT2D eigenvalue weighted by molar-refractivity contribution is 5.62. The Hall–Kier alpha value is -1.42. The summed E-state index contributed by atoms with van der Waals surface area (Å²) in [5.74, 6) is 1.40. The molecular weight excluding hydrogens is 240 g/mol. The number of nitrogens with zero attached hydrogens (tertiary/aromatic N) is 1. The molecule has 0 spiro atoms. The van der Waals surface area contributed by atoms with E-state index in [1.54, 1.807) is 7.11 Å². The second kappa shape index (κ2) is 6.66. The molecule has 4 nitrogen and oxygen atoms in total. The van der Waals surface area contributed by atoms with Crippen molar-refractivity contribution in [1.29, 1.82) is 0 Å². The van der Waals surface area contributed by atoms with Crippen molar-refractivity contribution >= 4 is 11.4 Å². The van der Waals surface area contributed by atoms with Crippen LogP contribution in [0.25, 0.3) is 0 Å². The number of methoxy groups -OCH3 is 1. The Balaban J connectivity index is 2.10. The van der Waals surface area contributed by atoms with E-state index < -0.39 is 0 Å². The van der Waals surface area contributed by atoms with E-state index in [1.165, 1.54) is 18.5 Å². The van der Waals surface area contributed by atoms with Crippen LogP contribution in [0.2, 0.25) is 0 Å². The van der Waals surface area contributed by atoms with Gasteiger partial charge in [-0.05, 0) is 37.8 Å². The van der Waals surface area contributed by atoms with Crippen LogP contribution in [0.4, 0.5) is 11.4 Å². The topological polar surface area (TPSA) is 47.7 Å². The van der Waals surface area contributed by atoms with Gasteiger partial charge in [-0.2, -0.15) is 0 Å². The third-order valence-corrected chi connectivity index (χ3v) is 3.58. The summed E-state index contributed by atoms with van der Waals surface area (Å²) in [7, 11) is 1.77. The van der Waals surface area contributed by atoms with E-state index in [9.17, 15) is 0 Å². The lowest BCUT2D eigenvalue weighted by Gasteiger charge is -2.34. The van der Waals surface area contributed by atoms with Gasteiger partial charge in [0.1, 0.15) is 5.75 Å². The van der Waals surface area contributed by atoms with Crippen LogP contribution in [-0.2, 0) is 4.74 Å². The fourth-order valence-corrected chi connectivity index (χ4v) is 2.67. The van der Waals surface area contributed by atoms with Gasteiger partial charge in [-0.3, -0.25) is 0 Å². The first-order valence-electron chi connectivity index (χ1n) is 7.00. The van der Waals surface area contributed by atoms with Crippen LogP contribution in [0.15, 0.2) is 18.2 Å². The maximum atomic E-state index is 5.92. The molecule has 0 saturated carbocycles. The third kappa shape index (κ3) is 3.53. The summed E-state index contributed by atoms with van der Waals surface area (Å²) in [5, 5.41) is 0. The lowest BCUT2D eigenvalue weighted by atomic mass is 9.98. The van der Waals surface area contributed by atoms with Crippen molar-refractivity contribution in [3.63, 3.8) is 0 Å². The minimum absolute atomic E-state index is 0.617. The van der Waals surface area contributed by atoms with E-state index >= 15 is 0 Å². The fraction of sp³-hybridized carbons (Fsp3) is 0.600. The molecule has 0 amide bonds. The van der Waals surface area contributed by atoms with Crippen LogP contribution >= 0.6 is 0 Å². The quantitative estimate of drug-likeness (QED) is 0.830. The summed E-state index contributed by atoms with van der Waals surface area (Å²) >= 11 is 0. The number of anilines is 2. The molecule has 19 heavy (non-hydrogen) atoms. The normalized spacial score (nSPS) is 19.5. The first kappa shape index (κ1) is 14.0. The van der Waals surface area contributed by atoms with E-state index in [-0.39, 0.29) is 0 Å². The fourth-order valence-electron chi connectivity index (χ4n) is 2.67. The second-order valence-corrected chi connectivity index (χ2v) is 5.06. The number of hydrogen-bond acceptors (Lipinski definition) is 4. The Kier molecular flexibility index (Phi) is 4.91. The largest absolute Gasteiger partial charge is 0.492 e. The van der Waals surface area contributed by atoms with E-state index in [0.29, 0.717) is 18.2 Å². The molecule has 2 N–H and O–H groups in total. The number of piperidine rings is 1. The molecule has 1 heterocycles. The van der Waals surface area contributed by atoms with Gasteiger partial charge in [-0.25, -0.2) is 0 Å². The van der Waals surface area contributed by atoms with Gasteiger partial charge < -0.3 is 20.1 Å². The highest BCUT2D eigenvalue weighted by Gasteiger charge is 2.20. The van der Waals surface area contributed by atoms with Gasteiger partial charge in [0.25, 0.3) is 0 Å². The van der Waals surface area contributed by atoms with E-state index in [2.05, 4.69) is 11.0 Å². The molecule has 0 aromatic heterocycles. The summed E-state index contributed by atoms with van der Waals surface area (Å²) in [6.07, 6.45) is 2.46. The highest BCUT2D eigenvalue weighted by atomic mass is 16.5. The van der Waals surface area contributed by atoms with Crippen molar-refractivity contribution in [3.8, 4) is 5.75 Å². The van der Waals surface area contributed by atoms with Crippen LogP contribution in [0.5, 0.6) is 5.75 Å². The van der Waals surface area contributed by atoms with Crippen LogP contribution in [0.1, 0.15) is 19.8 Å². The molecule has 1 atom stereocenters. The molecule has 4 heteroatoms. The van der Waals surface area contributed by atoms with E-state index in [0.717, 1.165) is 25.4 Å². The lowest BCUT2D eigenvalue weighted by molar-refractivity contribution is 0.143. The number of ether oxygens (including phenoxy) is 2. The summed E-state index contributed by atoms with van der Waals surface area (Å²) in [6, 6.07) is 6.06. The molecule has 1 aliphatic heterocycles. The monoisotopic (exact) mass is 264 g/mol. The first-order valence-corrected chi connectivity index (χ1v) is 7.00. The average molecular weight is 264 g/mol. The maximum Gasteiger partial charge on any atom is 0.144 e. The molecule has 2 rings (SSSR count). The molecule has 1 aromatic carbocycles. The Morgan fingerprint density at radius 1 is 1.42 bits per heavy atom. The molecular formula is C15H24N2O2. The summed E-state index contributed by atoms with van der Waals surface area (Å²) in [6.45, 7) is 5.59. The minimum atomic E-state index is 0.617. The predicted octanol–water partition coefficient (Wildman–Crippen LogP) is 2.53. The zero-order valence-electron chi connectivity index (χ0n) is 11.9. The SMILES string of the molecule is CCOc1cc(N2CCCC(COC)C2)ccc1N. The van der Waals surface area contributed by atoms with Crippen molar-refractivity contribution in [3.05, 3.63) is 18.2 Å². The molecule has 1 aliphatic rings. The summed E-state index contributed by atoms with van der Waals surface area (Å²) < 4.78 is 10.8. The molecule has 0 aliphatic carbocycles. The van der Waals surface area contributed by atoms with Gasteiger partial charge in [-0.15, -0.1) is 0 Å². The first-order chi connectivity index (χ1) is 9.24. The molecule has 106 valence electrons. The molecule has 1 fully saturated rings. The summed E-state index contributed by atoms with van der Waals surface area (Å²) in [4.78, 5) is 2.40. The zero-order valence-corrected chi connectivity index (χ0v) is 11.9. The van der Waals surface area contributed by atoms with Gasteiger partial charge >= 0.3 is 0 Å². The number of rotatable bonds is 5.